The molecular formula is C8H10N4. The van der Waals surface area contributed by atoms with E-state index in [0.717, 1.165) is 12.1 Å². The molecule has 0 radical (unpaired) electrons. The molecule has 4 nitrogen and oxygen atoms in total. The van der Waals surface area contributed by atoms with E-state index in [1.165, 1.54) is 6.33 Å². The summed E-state index contributed by atoms with van der Waals surface area (Å²) in [4.78, 5) is 7.98. The quantitative estimate of drug-likeness (QED) is 0.673. The van der Waals surface area contributed by atoms with Crippen LogP contribution in [-0.2, 0) is 6.42 Å². The van der Waals surface area contributed by atoms with Gasteiger partial charge in [0.15, 0.2) is 0 Å². The molecule has 0 aliphatic carbocycles. The molecule has 0 spiro atoms. The molecule has 62 valence electrons. The highest BCUT2D eigenvalue weighted by Crippen LogP contribution is 2.02. The lowest BCUT2D eigenvalue weighted by Crippen LogP contribution is -2.01. The number of aryl methyl sites for hydroxylation is 1. The number of hydrogen-bond donors (Lipinski definition) is 1. The molecule has 1 heterocycles. The molecular weight excluding hydrogens is 152 g/mol. The summed E-state index contributed by atoms with van der Waals surface area (Å²) in [7, 11) is 0. The highest BCUT2D eigenvalue weighted by atomic mass is 15.0. The van der Waals surface area contributed by atoms with E-state index in [0.29, 0.717) is 5.82 Å². The van der Waals surface area contributed by atoms with Gasteiger partial charge in [0.2, 0.25) is 0 Å². The maximum Gasteiger partial charge on any atom is 0.130 e. The van der Waals surface area contributed by atoms with Gasteiger partial charge in [-0.2, -0.15) is 5.26 Å². The van der Waals surface area contributed by atoms with Crippen LogP contribution >= 0.6 is 0 Å². The van der Waals surface area contributed by atoms with Crippen LogP contribution in [0.4, 0.5) is 5.82 Å². The maximum absolute atomic E-state index is 8.30. The van der Waals surface area contributed by atoms with E-state index >= 15 is 0 Å². The Morgan fingerprint density at radius 2 is 2.42 bits per heavy atom. The van der Waals surface area contributed by atoms with Crippen molar-refractivity contribution in [3.8, 4) is 6.07 Å². The first-order chi connectivity index (χ1) is 5.86. The predicted octanol–water partition coefficient (Wildman–Crippen LogP) is 0.974. The van der Waals surface area contributed by atoms with Gasteiger partial charge in [0.25, 0.3) is 0 Å². The van der Waals surface area contributed by atoms with Crippen LogP contribution in [0.1, 0.15) is 12.6 Å². The summed E-state index contributed by atoms with van der Waals surface area (Å²) in [6.45, 7) is 2.30. The highest BCUT2D eigenvalue weighted by molar-refractivity contribution is 5.35. The molecule has 0 aromatic carbocycles. The molecule has 12 heavy (non-hydrogen) atoms. The first-order valence-electron chi connectivity index (χ1n) is 3.78. The van der Waals surface area contributed by atoms with Gasteiger partial charge in [-0.3, -0.25) is 0 Å². The van der Waals surface area contributed by atoms with Crippen molar-refractivity contribution in [2.24, 2.45) is 0 Å². The molecule has 0 saturated heterocycles. The number of aromatic nitrogens is 2. The fraction of sp³-hybridized carbons (Fsp3) is 0.375. The van der Waals surface area contributed by atoms with Crippen molar-refractivity contribution in [1.29, 1.82) is 5.26 Å². The number of rotatable bonds is 3. The standard InChI is InChI=1S/C8H10N4/c1-2-7-5-8(10-4-3-9)12-6-11-7/h5-6H,2,4H2,1H3,(H,10,11,12). The molecule has 0 fully saturated rings. The van der Waals surface area contributed by atoms with Crippen LogP contribution in [-0.4, -0.2) is 16.5 Å². The van der Waals surface area contributed by atoms with E-state index in [2.05, 4.69) is 15.3 Å². The van der Waals surface area contributed by atoms with Gasteiger partial charge in [-0.25, -0.2) is 9.97 Å². The van der Waals surface area contributed by atoms with Gasteiger partial charge in [0.05, 0.1) is 6.07 Å². The molecule has 1 N–H and O–H groups in total. The highest BCUT2D eigenvalue weighted by Gasteiger charge is 1.94. The Kier molecular flexibility index (Phi) is 3.03. The van der Waals surface area contributed by atoms with Crippen LogP contribution in [0.5, 0.6) is 0 Å². The van der Waals surface area contributed by atoms with Gasteiger partial charge in [-0.1, -0.05) is 6.92 Å². The average Bonchev–Trinajstić information content (AvgIpc) is 2.15. The predicted molar refractivity (Wildman–Crippen MR) is 45.5 cm³/mol. The molecule has 0 unspecified atom stereocenters. The molecule has 1 rings (SSSR count). The second-order valence-corrected chi connectivity index (χ2v) is 2.26. The Morgan fingerprint density at radius 1 is 1.58 bits per heavy atom. The third-order valence-corrected chi connectivity index (χ3v) is 1.43. The van der Waals surface area contributed by atoms with E-state index in [-0.39, 0.29) is 6.54 Å². The van der Waals surface area contributed by atoms with Gasteiger partial charge in [-0.05, 0) is 6.42 Å². The number of nitriles is 1. The van der Waals surface area contributed by atoms with Crippen LogP contribution in [0.25, 0.3) is 0 Å². The van der Waals surface area contributed by atoms with Crippen molar-refractivity contribution in [2.75, 3.05) is 11.9 Å². The van der Waals surface area contributed by atoms with Crippen molar-refractivity contribution in [3.05, 3.63) is 18.1 Å². The fourth-order valence-corrected chi connectivity index (χ4v) is 0.818. The number of nitrogens with zero attached hydrogens (tertiary/aromatic N) is 3. The third-order valence-electron chi connectivity index (χ3n) is 1.43. The summed E-state index contributed by atoms with van der Waals surface area (Å²) >= 11 is 0. The lowest BCUT2D eigenvalue weighted by atomic mass is 10.3. The second kappa shape index (κ2) is 4.29. The molecule has 0 aliphatic heterocycles. The summed E-state index contributed by atoms with van der Waals surface area (Å²) in [5.41, 5.74) is 0.977. The van der Waals surface area contributed by atoms with E-state index in [1.807, 2.05) is 19.1 Å². The molecule has 1 aromatic heterocycles. The molecule has 0 saturated carbocycles. The lowest BCUT2D eigenvalue weighted by Gasteiger charge is -2.00. The van der Waals surface area contributed by atoms with Crippen molar-refractivity contribution in [3.63, 3.8) is 0 Å². The molecule has 0 bridgehead atoms. The van der Waals surface area contributed by atoms with Gasteiger partial charge < -0.3 is 5.32 Å². The molecule has 1 aromatic rings. The van der Waals surface area contributed by atoms with Gasteiger partial charge in [0, 0.05) is 11.8 Å². The minimum Gasteiger partial charge on any atom is -0.357 e. The summed E-state index contributed by atoms with van der Waals surface area (Å²) in [5, 5.41) is 11.2. The lowest BCUT2D eigenvalue weighted by molar-refractivity contribution is 0.996. The van der Waals surface area contributed by atoms with E-state index in [9.17, 15) is 0 Å². The summed E-state index contributed by atoms with van der Waals surface area (Å²) in [6, 6.07) is 3.83. The van der Waals surface area contributed by atoms with E-state index < -0.39 is 0 Å². The Bertz CT molecular complexity index is 289. The van der Waals surface area contributed by atoms with Gasteiger partial charge in [-0.15, -0.1) is 0 Å². The van der Waals surface area contributed by atoms with E-state index in [4.69, 9.17) is 5.26 Å². The number of nitrogens with one attached hydrogen (secondary N) is 1. The van der Waals surface area contributed by atoms with Gasteiger partial charge in [0.1, 0.15) is 18.7 Å². The largest absolute Gasteiger partial charge is 0.357 e. The normalized spacial score (nSPS) is 9.00. The van der Waals surface area contributed by atoms with E-state index in [1.54, 1.807) is 0 Å². The fourth-order valence-electron chi connectivity index (χ4n) is 0.818. The second-order valence-electron chi connectivity index (χ2n) is 2.26. The summed E-state index contributed by atoms with van der Waals surface area (Å²) in [5.74, 6) is 0.711. The van der Waals surface area contributed by atoms with Crippen molar-refractivity contribution < 1.29 is 0 Å². The van der Waals surface area contributed by atoms with Crippen molar-refractivity contribution in [1.82, 2.24) is 9.97 Å². The van der Waals surface area contributed by atoms with Crippen LogP contribution in [0.15, 0.2) is 12.4 Å². The molecule has 0 amide bonds. The van der Waals surface area contributed by atoms with Crippen LogP contribution in [0, 0.1) is 11.3 Å². The molecule has 0 aliphatic rings. The Balaban J connectivity index is 2.67. The Labute approximate surface area is 71.3 Å². The van der Waals surface area contributed by atoms with Crippen molar-refractivity contribution >= 4 is 5.82 Å². The van der Waals surface area contributed by atoms with Gasteiger partial charge >= 0.3 is 0 Å². The topological polar surface area (TPSA) is 61.6 Å². The van der Waals surface area contributed by atoms with Crippen LogP contribution in [0.2, 0.25) is 0 Å². The first kappa shape index (κ1) is 8.47. The zero-order chi connectivity index (χ0) is 8.81. The van der Waals surface area contributed by atoms with Crippen LogP contribution in [0.3, 0.4) is 0 Å². The minimum absolute atomic E-state index is 0.278. The zero-order valence-corrected chi connectivity index (χ0v) is 6.91. The summed E-state index contributed by atoms with van der Waals surface area (Å²) in [6.07, 6.45) is 2.38. The molecule has 4 heteroatoms. The average molecular weight is 162 g/mol. The monoisotopic (exact) mass is 162 g/mol. The number of anilines is 1. The number of hydrogen-bond acceptors (Lipinski definition) is 4. The third kappa shape index (κ3) is 2.20. The minimum atomic E-state index is 0.278. The Hall–Kier alpha value is -1.63. The smallest absolute Gasteiger partial charge is 0.130 e. The van der Waals surface area contributed by atoms with Crippen LogP contribution < -0.4 is 5.32 Å². The maximum atomic E-state index is 8.30. The zero-order valence-electron chi connectivity index (χ0n) is 6.91. The SMILES string of the molecule is CCc1cc(NCC#N)ncn1. The molecule has 0 atom stereocenters. The Morgan fingerprint density at radius 3 is 3.08 bits per heavy atom. The summed E-state index contributed by atoms with van der Waals surface area (Å²) < 4.78 is 0. The van der Waals surface area contributed by atoms with Crippen molar-refractivity contribution in [2.45, 2.75) is 13.3 Å². The first-order valence-corrected chi connectivity index (χ1v) is 3.78.